The number of phenols is 1. The van der Waals surface area contributed by atoms with E-state index in [2.05, 4.69) is 0 Å². The fraction of sp³-hybridized carbons (Fsp3) is 0.115. The molecule has 0 aromatic heterocycles. The highest BCUT2D eigenvalue weighted by molar-refractivity contribution is 5.96. The molecule has 0 spiro atoms. The van der Waals surface area contributed by atoms with Gasteiger partial charge in [0.2, 0.25) is 0 Å². The molecule has 0 fully saturated rings. The monoisotopic (exact) mass is 414 g/mol. The molecule has 4 aromatic carbocycles. The van der Waals surface area contributed by atoms with Crippen LogP contribution in [-0.2, 0) is 11.2 Å². The van der Waals surface area contributed by atoms with Crippen molar-refractivity contribution in [3.63, 3.8) is 0 Å². The van der Waals surface area contributed by atoms with Crippen LogP contribution in [0.1, 0.15) is 12.0 Å². The number of aliphatic carboxylic acids is 1. The predicted octanol–water partition coefficient (Wildman–Crippen LogP) is 6.03. The van der Waals surface area contributed by atoms with Crippen molar-refractivity contribution in [2.45, 2.75) is 12.8 Å². The van der Waals surface area contributed by atoms with Gasteiger partial charge in [-0.25, -0.2) is 0 Å². The van der Waals surface area contributed by atoms with E-state index in [1.807, 2.05) is 66.7 Å². The van der Waals surface area contributed by atoms with E-state index in [1.165, 1.54) is 0 Å². The van der Waals surface area contributed by atoms with Crippen LogP contribution in [0, 0.1) is 0 Å². The Labute approximate surface area is 180 Å². The molecule has 0 atom stereocenters. The molecule has 0 aliphatic heterocycles. The summed E-state index contributed by atoms with van der Waals surface area (Å²) in [6.45, 7) is 0. The number of carboxylic acids is 1. The van der Waals surface area contributed by atoms with E-state index in [0.717, 1.165) is 33.2 Å². The Hall–Kier alpha value is -3.99. The molecule has 0 heterocycles. The van der Waals surface area contributed by atoms with Gasteiger partial charge in [-0.1, -0.05) is 30.3 Å². The number of fused-ring (bicyclic) bond motifs is 1. The molecule has 0 radical (unpaired) electrons. The minimum atomic E-state index is -0.815. The highest BCUT2D eigenvalue weighted by Crippen LogP contribution is 2.41. The molecule has 0 saturated heterocycles. The molecule has 0 aliphatic carbocycles. The molecule has 0 saturated carbocycles. The Morgan fingerprint density at radius 2 is 1.58 bits per heavy atom. The summed E-state index contributed by atoms with van der Waals surface area (Å²) >= 11 is 0. The van der Waals surface area contributed by atoms with Crippen LogP contribution in [0.5, 0.6) is 23.0 Å². The fourth-order valence-electron chi connectivity index (χ4n) is 3.48. The zero-order valence-electron chi connectivity index (χ0n) is 17.0. The number of methoxy groups -OCH3 is 1. The normalized spacial score (nSPS) is 10.7. The largest absolute Gasteiger partial charge is 0.508 e. The number of benzene rings is 4. The Balaban J connectivity index is 1.75. The predicted molar refractivity (Wildman–Crippen MR) is 120 cm³/mol. The standard InChI is InChI=1S/C26H22O5/c1-30-22-12-14-24-19(16-22)7-13-23(18-5-8-20(27)9-6-18)26(24)31-21-10-2-17(3-11-21)4-15-25(28)29/h2-3,5-14,16,27H,4,15H2,1H3,(H,28,29). The van der Waals surface area contributed by atoms with Gasteiger partial charge in [-0.05, 0) is 71.5 Å². The fourth-order valence-corrected chi connectivity index (χ4v) is 3.48. The van der Waals surface area contributed by atoms with E-state index in [1.54, 1.807) is 19.2 Å². The van der Waals surface area contributed by atoms with Crippen molar-refractivity contribution in [3.8, 4) is 34.1 Å². The first kappa shape index (κ1) is 20.3. The number of carbonyl (C=O) groups is 1. The highest BCUT2D eigenvalue weighted by atomic mass is 16.5. The topological polar surface area (TPSA) is 76.0 Å². The number of hydrogen-bond acceptors (Lipinski definition) is 4. The number of aryl methyl sites for hydroxylation is 1. The lowest BCUT2D eigenvalue weighted by molar-refractivity contribution is -0.136. The number of rotatable bonds is 7. The summed E-state index contributed by atoms with van der Waals surface area (Å²) in [6, 6.07) is 24.3. The molecular weight excluding hydrogens is 392 g/mol. The SMILES string of the molecule is COc1ccc2c(Oc3ccc(CCC(=O)O)cc3)c(-c3ccc(O)cc3)ccc2c1. The van der Waals surface area contributed by atoms with Gasteiger partial charge < -0.3 is 19.7 Å². The number of carboxylic acid groups (broad SMARTS) is 1. The van der Waals surface area contributed by atoms with E-state index in [-0.39, 0.29) is 12.2 Å². The number of hydrogen-bond donors (Lipinski definition) is 2. The van der Waals surface area contributed by atoms with Crippen molar-refractivity contribution in [1.82, 2.24) is 0 Å². The van der Waals surface area contributed by atoms with Crippen LogP contribution in [0.4, 0.5) is 0 Å². The quantitative estimate of drug-likeness (QED) is 0.386. The van der Waals surface area contributed by atoms with Crippen LogP contribution in [0.25, 0.3) is 21.9 Å². The van der Waals surface area contributed by atoms with Crippen molar-refractivity contribution in [2.75, 3.05) is 7.11 Å². The Morgan fingerprint density at radius 1 is 0.871 bits per heavy atom. The Bertz CT molecular complexity index is 1210. The van der Waals surface area contributed by atoms with Crippen LogP contribution < -0.4 is 9.47 Å². The lowest BCUT2D eigenvalue weighted by Crippen LogP contribution is -1.97. The molecule has 2 N–H and O–H groups in total. The molecule has 4 rings (SSSR count). The van der Waals surface area contributed by atoms with Gasteiger partial charge in [0.15, 0.2) is 0 Å². The maximum Gasteiger partial charge on any atom is 0.303 e. The van der Waals surface area contributed by atoms with Crippen molar-refractivity contribution >= 4 is 16.7 Å². The minimum absolute atomic E-state index is 0.0936. The summed E-state index contributed by atoms with van der Waals surface area (Å²) in [5.74, 6) is 1.50. The highest BCUT2D eigenvalue weighted by Gasteiger charge is 2.13. The third-order valence-corrected chi connectivity index (χ3v) is 5.13. The maximum absolute atomic E-state index is 10.8. The van der Waals surface area contributed by atoms with Crippen molar-refractivity contribution in [1.29, 1.82) is 0 Å². The molecule has 156 valence electrons. The van der Waals surface area contributed by atoms with E-state index >= 15 is 0 Å². The third-order valence-electron chi connectivity index (χ3n) is 5.13. The van der Waals surface area contributed by atoms with E-state index < -0.39 is 5.97 Å². The molecule has 31 heavy (non-hydrogen) atoms. The smallest absolute Gasteiger partial charge is 0.303 e. The molecular formula is C26H22O5. The van der Waals surface area contributed by atoms with Crippen LogP contribution in [0.15, 0.2) is 78.9 Å². The molecule has 5 heteroatoms. The van der Waals surface area contributed by atoms with Gasteiger partial charge in [-0.3, -0.25) is 4.79 Å². The van der Waals surface area contributed by atoms with Gasteiger partial charge in [0.25, 0.3) is 0 Å². The van der Waals surface area contributed by atoms with Crippen LogP contribution in [0.3, 0.4) is 0 Å². The summed E-state index contributed by atoms with van der Waals surface area (Å²) in [7, 11) is 1.63. The molecule has 4 aromatic rings. The zero-order chi connectivity index (χ0) is 21.8. The first-order chi connectivity index (χ1) is 15.0. The third kappa shape index (κ3) is 4.61. The summed E-state index contributed by atoms with van der Waals surface area (Å²) in [4.78, 5) is 10.8. The first-order valence-electron chi connectivity index (χ1n) is 9.92. The van der Waals surface area contributed by atoms with Crippen molar-refractivity contribution in [2.24, 2.45) is 0 Å². The van der Waals surface area contributed by atoms with Gasteiger partial charge in [0, 0.05) is 17.4 Å². The van der Waals surface area contributed by atoms with Crippen LogP contribution in [0.2, 0.25) is 0 Å². The maximum atomic E-state index is 10.8. The second kappa shape index (κ2) is 8.79. The van der Waals surface area contributed by atoms with Crippen LogP contribution >= 0.6 is 0 Å². The number of ether oxygens (including phenoxy) is 2. The average molecular weight is 414 g/mol. The average Bonchev–Trinajstić information content (AvgIpc) is 2.79. The molecule has 0 unspecified atom stereocenters. The van der Waals surface area contributed by atoms with Crippen molar-refractivity contribution in [3.05, 3.63) is 84.4 Å². The van der Waals surface area contributed by atoms with Gasteiger partial charge in [-0.2, -0.15) is 0 Å². The van der Waals surface area contributed by atoms with Crippen molar-refractivity contribution < 1.29 is 24.5 Å². The second-order valence-corrected chi connectivity index (χ2v) is 7.22. The van der Waals surface area contributed by atoms with Gasteiger partial charge >= 0.3 is 5.97 Å². The lowest BCUT2D eigenvalue weighted by atomic mass is 9.99. The molecule has 5 nitrogen and oxygen atoms in total. The molecule has 0 bridgehead atoms. The molecule has 0 amide bonds. The number of aromatic hydroxyl groups is 1. The molecule has 0 aliphatic rings. The Morgan fingerprint density at radius 3 is 2.26 bits per heavy atom. The van der Waals surface area contributed by atoms with E-state index in [0.29, 0.717) is 17.9 Å². The van der Waals surface area contributed by atoms with E-state index in [9.17, 15) is 9.90 Å². The summed E-state index contributed by atoms with van der Waals surface area (Å²) in [5.41, 5.74) is 2.76. The van der Waals surface area contributed by atoms with Crippen LogP contribution in [-0.4, -0.2) is 23.3 Å². The number of phenolic OH excluding ortho intramolecular Hbond substituents is 1. The van der Waals surface area contributed by atoms with Gasteiger partial charge in [0.05, 0.1) is 7.11 Å². The van der Waals surface area contributed by atoms with E-state index in [4.69, 9.17) is 14.6 Å². The van der Waals surface area contributed by atoms with Gasteiger partial charge in [-0.15, -0.1) is 0 Å². The minimum Gasteiger partial charge on any atom is -0.508 e. The Kier molecular flexibility index (Phi) is 5.76. The lowest BCUT2D eigenvalue weighted by Gasteiger charge is -2.16. The summed E-state index contributed by atoms with van der Waals surface area (Å²) < 4.78 is 11.7. The zero-order valence-corrected chi connectivity index (χ0v) is 17.0. The summed E-state index contributed by atoms with van der Waals surface area (Å²) in [5, 5.41) is 20.4. The summed E-state index contributed by atoms with van der Waals surface area (Å²) in [6.07, 6.45) is 0.568. The van der Waals surface area contributed by atoms with Gasteiger partial charge in [0.1, 0.15) is 23.0 Å². The first-order valence-corrected chi connectivity index (χ1v) is 9.92. The second-order valence-electron chi connectivity index (χ2n) is 7.22.